The van der Waals surface area contributed by atoms with E-state index in [1.54, 1.807) is 0 Å². The molecule has 1 aromatic heterocycles. The lowest BCUT2D eigenvalue weighted by molar-refractivity contribution is -0.118. The Morgan fingerprint density at radius 1 is 1.28 bits per heavy atom. The molecule has 1 aliphatic rings. The molecule has 0 radical (unpaired) electrons. The molecule has 0 spiro atoms. The lowest BCUT2D eigenvalue weighted by atomic mass is 10.1. The number of nitrogens with one attached hydrogen (secondary N) is 1. The van der Waals surface area contributed by atoms with E-state index >= 15 is 0 Å². The van der Waals surface area contributed by atoms with E-state index < -0.39 is 24.1 Å². The average molecular weight is 362 g/mol. The van der Waals surface area contributed by atoms with Crippen LogP contribution in [-0.2, 0) is 17.6 Å². The highest BCUT2D eigenvalue weighted by Crippen LogP contribution is 2.36. The zero-order valence-electron chi connectivity index (χ0n) is 13.4. The van der Waals surface area contributed by atoms with E-state index in [2.05, 4.69) is 11.4 Å². The van der Waals surface area contributed by atoms with Crippen molar-refractivity contribution in [3.05, 3.63) is 45.8 Å². The van der Waals surface area contributed by atoms with Gasteiger partial charge in [0.1, 0.15) is 16.9 Å². The molecule has 0 saturated heterocycles. The first kappa shape index (κ1) is 17.4. The van der Waals surface area contributed by atoms with Gasteiger partial charge in [-0.15, -0.1) is 11.3 Å². The maximum Gasteiger partial charge on any atom is 0.262 e. The molecule has 0 unspecified atom stereocenters. The molecule has 3 rings (SSSR count). The van der Waals surface area contributed by atoms with Gasteiger partial charge in [0.05, 0.1) is 5.56 Å². The largest absolute Gasteiger partial charge is 0.481 e. The first-order valence-corrected chi connectivity index (χ1v) is 8.82. The number of rotatable bonds is 4. The van der Waals surface area contributed by atoms with Crippen LogP contribution in [0.4, 0.5) is 13.8 Å². The Morgan fingerprint density at radius 2 is 2.08 bits per heavy atom. The highest BCUT2D eigenvalue weighted by Gasteiger charge is 2.21. The topological polar surface area (TPSA) is 62.1 Å². The number of carbonyl (C=O) groups is 1. The van der Waals surface area contributed by atoms with Crippen LogP contribution in [-0.4, -0.2) is 12.5 Å². The smallest absolute Gasteiger partial charge is 0.262 e. The Hall–Kier alpha value is -2.46. The highest BCUT2D eigenvalue weighted by atomic mass is 32.1. The van der Waals surface area contributed by atoms with Crippen LogP contribution in [0.1, 0.15) is 35.3 Å². The number of halogens is 2. The summed E-state index contributed by atoms with van der Waals surface area (Å²) in [6.07, 6.45) is 5.03. The Bertz CT molecular complexity index is 842. The molecular weight excluding hydrogens is 346 g/mol. The first-order valence-electron chi connectivity index (χ1n) is 8.01. The molecule has 130 valence electrons. The molecule has 4 nitrogen and oxygen atoms in total. The van der Waals surface area contributed by atoms with Gasteiger partial charge in [0, 0.05) is 10.9 Å². The Morgan fingerprint density at radius 3 is 2.84 bits per heavy atom. The number of amides is 1. The molecule has 0 saturated carbocycles. The molecule has 0 bridgehead atoms. The molecule has 1 heterocycles. The quantitative estimate of drug-likeness (QED) is 0.830. The highest BCUT2D eigenvalue weighted by molar-refractivity contribution is 7.16. The fourth-order valence-electron chi connectivity index (χ4n) is 2.85. The number of anilines is 1. The van der Waals surface area contributed by atoms with Crippen molar-refractivity contribution in [1.82, 2.24) is 0 Å². The summed E-state index contributed by atoms with van der Waals surface area (Å²) in [6, 6.07) is 5.06. The number of aryl methyl sites for hydroxylation is 1. The van der Waals surface area contributed by atoms with Crippen LogP contribution in [0, 0.1) is 23.0 Å². The summed E-state index contributed by atoms with van der Waals surface area (Å²) in [5.74, 6) is -2.27. The van der Waals surface area contributed by atoms with Gasteiger partial charge in [-0.2, -0.15) is 5.26 Å². The molecular formula is C18H16F2N2O2S. The third kappa shape index (κ3) is 3.97. The molecule has 0 atom stereocenters. The molecule has 25 heavy (non-hydrogen) atoms. The minimum absolute atomic E-state index is 0.195. The van der Waals surface area contributed by atoms with Gasteiger partial charge in [-0.05, 0) is 43.4 Å². The van der Waals surface area contributed by atoms with E-state index in [9.17, 15) is 18.8 Å². The Labute approximate surface area is 148 Å². The van der Waals surface area contributed by atoms with E-state index in [-0.39, 0.29) is 5.75 Å². The number of nitriles is 1. The van der Waals surface area contributed by atoms with Gasteiger partial charge in [0.25, 0.3) is 5.91 Å². The third-order valence-electron chi connectivity index (χ3n) is 4.04. The summed E-state index contributed by atoms with van der Waals surface area (Å²) in [5, 5.41) is 12.6. The van der Waals surface area contributed by atoms with Crippen molar-refractivity contribution in [3.63, 3.8) is 0 Å². The van der Waals surface area contributed by atoms with E-state index in [0.717, 1.165) is 54.7 Å². The van der Waals surface area contributed by atoms with Crippen LogP contribution in [0.2, 0.25) is 0 Å². The second-order valence-corrected chi connectivity index (χ2v) is 6.90. The maximum atomic E-state index is 13.5. The molecule has 0 aliphatic heterocycles. The van der Waals surface area contributed by atoms with Crippen molar-refractivity contribution in [2.45, 2.75) is 32.1 Å². The number of benzene rings is 1. The van der Waals surface area contributed by atoms with Gasteiger partial charge in [-0.25, -0.2) is 8.78 Å². The minimum atomic E-state index is -0.867. The number of thiophene rings is 1. The summed E-state index contributed by atoms with van der Waals surface area (Å²) in [4.78, 5) is 13.2. The van der Waals surface area contributed by atoms with Crippen LogP contribution in [0.5, 0.6) is 5.75 Å². The minimum Gasteiger partial charge on any atom is -0.481 e. The van der Waals surface area contributed by atoms with E-state index in [0.29, 0.717) is 16.6 Å². The first-order chi connectivity index (χ1) is 12.1. The van der Waals surface area contributed by atoms with Crippen molar-refractivity contribution in [3.8, 4) is 11.8 Å². The lowest BCUT2D eigenvalue weighted by Gasteiger charge is -2.07. The lowest BCUT2D eigenvalue weighted by Crippen LogP contribution is -2.20. The second-order valence-electron chi connectivity index (χ2n) is 5.79. The molecule has 2 aromatic rings. The SMILES string of the molecule is N#Cc1c(NC(=O)COc2ccc(F)cc2F)sc2c1CCCCC2. The molecule has 1 aliphatic carbocycles. The normalized spacial score (nSPS) is 13.5. The van der Waals surface area contributed by atoms with E-state index in [1.165, 1.54) is 11.3 Å². The predicted molar refractivity (Wildman–Crippen MR) is 90.8 cm³/mol. The number of nitrogens with zero attached hydrogens (tertiary/aromatic N) is 1. The summed E-state index contributed by atoms with van der Waals surface area (Å²) in [6.45, 7) is -0.421. The van der Waals surface area contributed by atoms with Gasteiger partial charge < -0.3 is 10.1 Å². The zero-order chi connectivity index (χ0) is 17.8. The summed E-state index contributed by atoms with van der Waals surface area (Å²) in [7, 11) is 0. The zero-order valence-corrected chi connectivity index (χ0v) is 14.2. The predicted octanol–water partition coefficient (Wildman–Crippen LogP) is 4.18. The third-order valence-corrected chi connectivity index (χ3v) is 5.25. The Balaban J connectivity index is 1.68. The van der Waals surface area contributed by atoms with Crippen LogP contribution >= 0.6 is 11.3 Å². The molecule has 1 aromatic carbocycles. The number of ether oxygens (including phenoxy) is 1. The van der Waals surface area contributed by atoms with Gasteiger partial charge in [0.2, 0.25) is 0 Å². The van der Waals surface area contributed by atoms with Crippen molar-refractivity contribution >= 4 is 22.2 Å². The van der Waals surface area contributed by atoms with Crippen LogP contribution in [0.3, 0.4) is 0 Å². The van der Waals surface area contributed by atoms with E-state index in [4.69, 9.17) is 4.74 Å². The number of carbonyl (C=O) groups excluding carboxylic acids is 1. The van der Waals surface area contributed by atoms with Gasteiger partial charge in [0.15, 0.2) is 18.2 Å². The fourth-order valence-corrected chi connectivity index (χ4v) is 4.10. The number of hydrogen-bond acceptors (Lipinski definition) is 4. The van der Waals surface area contributed by atoms with Gasteiger partial charge in [-0.3, -0.25) is 4.79 Å². The summed E-state index contributed by atoms with van der Waals surface area (Å²) >= 11 is 1.42. The molecule has 1 amide bonds. The van der Waals surface area contributed by atoms with E-state index in [1.807, 2.05) is 0 Å². The summed E-state index contributed by atoms with van der Waals surface area (Å²) in [5.41, 5.74) is 1.55. The van der Waals surface area contributed by atoms with Crippen LogP contribution < -0.4 is 10.1 Å². The van der Waals surface area contributed by atoms with Crippen LogP contribution in [0.25, 0.3) is 0 Å². The Kier molecular flexibility index (Phi) is 5.29. The van der Waals surface area contributed by atoms with Crippen molar-refractivity contribution in [2.24, 2.45) is 0 Å². The summed E-state index contributed by atoms with van der Waals surface area (Å²) < 4.78 is 31.4. The fraction of sp³-hybridized carbons (Fsp3) is 0.333. The van der Waals surface area contributed by atoms with Crippen molar-refractivity contribution < 1.29 is 18.3 Å². The number of hydrogen-bond donors (Lipinski definition) is 1. The molecule has 0 fully saturated rings. The van der Waals surface area contributed by atoms with Crippen molar-refractivity contribution in [2.75, 3.05) is 11.9 Å². The second kappa shape index (κ2) is 7.62. The molecule has 7 heteroatoms. The monoisotopic (exact) mass is 362 g/mol. The van der Waals surface area contributed by atoms with Crippen molar-refractivity contribution in [1.29, 1.82) is 5.26 Å². The standard InChI is InChI=1S/C18H16F2N2O2S/c19-11-6-7-15(14(20)8-11)24-10-17(23)22-18-13(9-21)12-4-2-1-3-5-16(12)25-18/h6-8H,1-5,10H2,(H,22,23). The van der Waals surface area contributed by atoms with Gasteiger partial charge >= 0.3 is 0 Å². The molecule has 1 N–H and O–H groups in total. The average Bonchev–Trinajstić information content (AvgIpc) is 2.74. The van der Waals surface area contributed by atoms with Crippen LogP contribution in [0.15, 0.2) is 18.2 Å². The van der Waals surface area contributed by atoms with Gasteiger partial charge in [-0.1, -0.05) is 6.42 Å². The maximum absolute atomic E-state index is 13.5. The number of fused-ring (bicyclic) bond motifs is 1.